The van der Waals surface area contributed by atoms with Gasteiger partial charge in [-0.15, -0.1) is 0 Å². The molecule has 1 atom stereocenters. The highest BCUT2D eigenvalue weighted by atomic mass is 32.2. The van der Waals surface area contributed by atoms with E-state index in [1.807, 2.05) is 51.1 Å². The van der Waals surface area contributed by atoms with Crippen LogP contribution in [0.1, 0.15) is 32.8 Å². The Balaban J connectivity index is 2.35. The van der Waals surface area contributed by atoms with Crippen LogP contribution in [0, 0.1) is 0 Å². The minimum Gasteiger partial charge on any atom is -0.497 e. The summed E-state index contributed by atoms with van der Waals surface area (Å²) in [5, 5.41) is 2.88. The molecule has 0 aliphatic heterocycles. The number of methoxy groups -OCH3 is 1. The van der Waals surface area contributed by atoms with Crippen molar-refractivity contribution in [2.24, 2.45) is 0 Å². The summed E-state index contributed by atoms with van der Waals surface area (Å²) in [6, 6.07) is 15.3. The van der Waals surface area contributed by atoms with E-state index in [-0.39, 0.29) is 18.5 Å². The Bertz CT molecular complexity index is 1040. The Hall–Kier alpha value is -3.07. The number of hydrogen-bond donors (Lipinski definition) is 1. The molecule has 0 spiro atoms. The van der Waals surface area contributed by atoms with E-state index in [9.17, 15) is 18.0 Å². The smallest absolute Gasteiger partial charge is 0.244 e. The van der Waals surface area contributed by atoms with Gasteiger partial charge in [-0.2, -0.15) is 0 Å². The maximum Gasteiger partial charge on any atom is 0.244 e. The van der Waals surface area contributed by atoms with Gasteiger partial charge in [0.1, 0.15) is 18.3 Å². The van der Waals surface area contributed by atoms with E-state index in [1.54, 1.807) is 24.3 Å². The lowest BCUT2D eigenvalue weighted by Gasteiger charge is -2.33. The van der Waals surface area contributed by atoms with Crippen LogP contribution in [-0.4, -0.2) is 63.7 Å². The number of anilines is 1. The van der Waals surface area contributed by atoms with Crippen molar-refractivity contribution in [2.45, 2.75) is 45.7 Å². The average molecular weight is 490 g/mol. The zero-order chi connectivity index (χ0) is 25.3. The Labute approximate surface area is 202 Å². The second-order valence-corrected chi connectivity index (χ2v) is 10.3. The SMILES string of the molecule is CC[C@@H](C(=O)NC(C)C)N(CCc1ccccc1)C(=O)CN(c1ccc(OC)cc1)S(C)(=O)=O. The van der Waals surface area contributed by atoms with Gasteiger partial charge in [0, 0.05) is 12.6 Å². The summed E-state index contributed by atoms with van der Waals surface area (Å²) in [4.78, 5) is 27.9. The van der Waals surface area contributed by atoms with Gasteiger partial charge in [0.2, 0.25) is 21.8 Å². The molecule has 0 saturated carbocycles. The van der Waals surface area contributed by atoms with Crippen molar-refractivity contribution >= 4 is 27.5 Å². The van der Waals surface area contributed by atoms with Crippen LogP contribution >= 0.6 is 0 Å². The molecule has 0 aromatic heterocycles. The molecular weight excluding hydrogens is 454 g/mol. The van der Waals surface area contributed by atoms with E-state index in [0.717, 1.165) is 16.1 Å². The van der Waals surface area contributed by atoms with Crippen molar-refractivity contribution in [3.63, 3.8) is 0 Å². The van der Waals surface area contributed by atoms with Gasteiger partial charge in [0.25, 0.3) is 0 Å². The van der Waals surface area contributed by atoms with E-state index >= 15 is 0 Å². The number of amides is 2. The lowest BCUT2D eigenvalue weighted by atomic mass is 10.1. The number of carbonyl (C=O) groups is 2. The first kappa shape index (κ1) is 27.2. The standard InChI is InChI=1S/C25H35N3O5S/c1-6-23(25(30)26-19(2)3)27(17-16-20-10-8-7-9-11-20)24(29)18-28(34(5,31)32)21-12-14-22(33-4)15-13-21/h7-15,19,23H,6,16-18H2,1-5H3,(H,26,30)/t23-/m0/s1. The third-order valence-electron chi connectivity index (χ3n) is 5.34. The second kappa shape index (κ2) is 12.4. The van der Waals surface area contributed by atoms with E-state index in [4.69, 9.17) is 4.74 Å². The quantitative estimate of drug-likeness (QED) is 0.495. The van der Waals surface area contributed by atoms with E-state index in [0.29, 0.717) is 24.3 Å². The fourth-order valence-corrected chi connectivity index (χ4v) is 4.49. The number of hydrogen-bond acceptors (Lipinski definition) is 5. The minimum atomic E-state index is -3.76. The molecule has 0 aliphatic rings. The number of rotatable bonds is 12. The topological polar surface area (TPSA) is 96.0 Å². The van der Waals surface area contributed by atoms with Crippen molar-refractivity contribution in [1.82, 2.24) is 10.2 Å². The monoisotopic (exact) mass is 489 g/mol. The van der Waals surface area contributed by atoms with Crippen molar-refractivity contribution in [1.29, 1.82) is 0 Å². The van der Waals surface area contributed by atoms with E-state index in [2.05, 4.69) is 5.32 Å². The highest BCUT2D eigenvalue weighted by Crippen LogP contribution is 2.22. The van der Waals surface area contributed by atoms with Crippen LogP contribution in [0.15, 0.2) is 54.6 Å². The van der Waals surface area contributed by atoms with E-state index < -0.39 is 28.5 Å². The molecular formula is C25H35N3O5S. The Kier molecular flexibility index (Phi) is 9.92. The zero-order valence-corrected chi connectivity index (χ0v) is 21.3. The fraction of sp³-hybridized carbons (Fsp3) is 0.440. The van der Waals surface area contributed by atoms with Crippen LogP contribution in [0.4, 0.5) is 5.69 Å². The average Bonchev–Trinajstić information content (AvgIpc) is 2.79. The first-order valence-corrected chi connectivity index (χ1v) is 13.2. The third kappa shape index (κ3) is 7.76. The van der Waals surface area contributed by atoms with Crippen molar-refractivity contribution < 1.29 is 22.7 Å². The lowest BCUT2D eigenvalue weighted by Crippen LogP contribution is -2.54. The van der Waals surface area contributed by atoms with Crippen LogP contribution < -0.4 is 14.4 Å². The number of carbonyl (C=O) groups excluding carboxylic acids is 2. The molecule has 0 bridgehead atoms. The number of nitrogens with zero attached hydrogens (tertiary/aromatic N) is 2. The summed E-state index contributed by atoms with van der Waals surface area (Å²) >= 11 is 0. The molecule has 8 nitrogen and oxygen atoms in total. The van der Waals surface area contributed by atoms with Gasteiger partial charge in [0.05, 0.1) is 19.1 Å². The van der Waals surface area contributed by atoms with Crippen LogP contribution in [0.3, 0.4) is 0 Å². The molecule has 0 heterocycles. The molecule has 0 fully saturated rings. The van der Waals surface area contributed by atoms with Gasteiger partial charge in [-0.25, -0.2) is 8.42 Å². The molecule has 34 heavy (non-hydrogen) atoms. The predicted octanol–water partition coefficient (Wildman–Crippen LogP) is 2.84. The Morgan fingerprint density at radius 2 is 1.65 bits per heavy atom. The number of ether oxygens (including phenoxy) is 1. The maximum atomic E-state index is 13.5. The molecule has 9 heteroatoms. The van der Waals surface area contributed by atoms with E-state index in [1.165, 1.54) is 12.0 Å². The first-order chi connectivity index (χ1) is 16.1. The van der Waals surface area contributed by atoms with Gasteiger partial charge in [-0.1, -0.05) is 37.3 Å². The molecule has 0 radical (unpaired) electrons. The summed E-state index contributed by atoms with van der Waals surface area (Å²) in [7, 11) is -2.24. The summed E-state index contributed by atoms with van der Waals surface area (Å²) < 4.78 is 31.4. The lowest BCUT2D eigenvalue weighted by molar-refractivity contribution is -0.139. The van der Waals surface area contributed by atoms with Crippen molar-refractivity contribution in [3.8, 4) is 5.75 Å². The highest BCUT2D eigenvalue weighted by Gasteiger charge is 2.31. The Morgan fingerprint density at radius 1 is 1.03 bits per heavy atom. The largest absolute Gasteiger partial charge is 0.497 e. The summed E-state index contributed by atoms with van der Waals surface area (Å²) in [6.07, 6.45) is 2.00. The molecule has 0 aliphatic carbocycles. The third-order valence-corrected chi connectivity index (χ3v) is 6.48. The normalized spacial score (nSPS) is 12.2. The van der Waals surface area contributed by atoms with Crippen LogP contribution in [0.25, 0.3) is 0 Å². The summed E-state index contributed by atoms with van der Waals surface area (Å²) in [5.74, 6) is -0.124. The maximum absolute atomic E-state index is 13.5. The molecule has 2 aromatic rings. The highest BCUT2D eigenvalue weighted by molar-refractivity contribution is 7.92. The number of nitrogens with one attached hydrogen (secondary N) is 1. The van der Waals surface area contributed by atoms with Crippen LogP contribution in [0.5, 0.6) is 5.75 Å². The first-order valence-electron chi connectivity index (χ1n) is 11.3. The predicted molar refractivity (Wildman–Crippen MR) is 134 cm³/mol. The minimum absolute atomic E-state index is 0.0838. The van der Waals surface area contributed by atoms with Gasteiger partial charge < -0.3 is 15.0 Å². The molecule has 2 amide bonds. The molecule has 186 valence electrons. The molecule has 1 N–H and O–H groups in total. The molecule has 2 aromatic carbocycles. The Morgan fingerprint density at radius 3 is 2.15 bits per heavy atom. The molecule has 0 unspecified atom stereocenters. The van der Waals surface area contributed by atoms with Crippen molar-refractivity contribution in [3.05, 3.63) is 60.2 Å². The van der Waals surface area contributed by atoms with Gasteiger partial charge in [-0.05, 0) is 56.5 Å². The fourth-order valence-electron chi connectivity index (χ4n) is 3.64. The summed E-state index contributed by atoms with van der Waals surface area (Å²) in [6.45, 7) is 5.43. The summed E-state index contributed by atoms with van der Waals surface area (Å²) in [5.41, 5.74) is 1.37. The molecule has 2 rings (SSSR count). The zero-order valence-electron chi connectivity index (χ0n) is 20.5. The van der Waals surface area contributed by atoms with Crippen LogP contribution in [-0.2, 0) is 26.0 Å². The second-order valence-electron chi connectivity index (χ2n) is 8.38. The number of benzene rings is 2. The van der Waals surface area contributed by atoms with Gasteiger partial charge in [0.15, 0.2) is 0 Å². The van der Waals surface area contributed by atoms with Gasteiger partial charge in [-0.3, -0.25) is 13.9 Å². The van der Waals surface area contributed by atoms with Crippen LogP contribution in [0.2, 0.25) is 0 Å². The molecule has 0 saturated heterocycles. The number of sulfonamides is 1. The van der Waals surface area contributed by atoms with Gasteiger partial charge >= 0.3 is 0 Å². The van der Waals surface area contributed by atoms with Crippen molar-refractivity contribution in [2.75, 3.05) is 30.8 Å².